The molecule has 136 valence electrons. The van der Waals surface area contributed by atoms with Crippen LogP contribution in [0.1, 0.15) is 36.1 Å². The van der Waals surface area contributed by atoms with E-state index < -0.39 is 0 Å². The van der Waals surface area contributed by atoms with E-state index in [0.29, 0.717) is 5.13 Å². The minimum Gasteiger partial charge on any atom is -0.311 e. The van der Waals surface area contributed by atoms with Gasteiger partial charge in [-0.05, 0) is 41.8 Å². The topological polar surface area (TPSA) is 62.3 Å². The fourth-order valence-corrected chi connectivity index (χ4v) is 4.32. The van der Waals surface area contributed by atoms with Crippen molar-refractivity contribution in [2.45, 2.75) is 26.3 Å². The van der Waals surface area contributed by atoms with E-state index in [-0.39, 0.29) is 24.3 Å². The van der Waals surface area contributed by atoms with Gasteiger partial charge in [0.05, 0.1) is 22.7 Å². The van der Waals surface area contributed by atoms with Gasteiger partial charge in [0, 0.05) is 13.1 Å². The zero-order valence-corrected chi connectivity index (χ0v) is 15.9. The van der Waals surface area contributed by atoms with E-state index in [1.165, 1.54) is 18.3 Å². The average Bonchev–Trinajstić information content (AvgIpc) is 3.02. The van der Waals surface area contributed by atoms with Gasteiger partial charge in [0.25, 0.3) is 0 Å². The van der Waals surface area contributed by atoms with Gasteiger partial charge in [0.1, 0.15) is 0 Å². The lowest BCUT2D eigenvalue weighted by Gasteiger charge is -2.32. The molecule has 0 radical (unpaired) electrons. The third-order valence-electron chi connectivity index (χ3n) is 4.64. The van der Waals surface area contributed by atoms with Gasteiger partial charge in [-0.25, -0.2) is 4.98 Å². The Morgan fingerprint density at radius 1 is 1.22 bits per heavy atom. The Morgan fingerprint density at radius 3 is 2.85 bits per heavy atom. The van der Waals surface area contributed by atoms with Crippen molar-refractivity contribution in [2.24, 2.45) is 0 Å². The lowest BCUT2D eigenvalue weighted by molar-refractivity contribution is -0.129. The first kappa shape index (κ1) is 17.4. The fraction of sp³-hybridized carbons (Fsp3) is 0.190. The summed E-state index contributed by atoms with van der Waals surface area (Å²) in [6, 6.07) is 13.5. The second-order valence-electron chi connectivity index (χ2n) is 6.63. The molecule has 0 saturated heterocycles. The number of fused-ring (bicyclic) bond motifs is 2. The van der Waals surface area contributed by atoms with Crippen LogP contribution in [0, 0.1) is 6.92 Å². The minimum absolute atomic E-state index is 0.0889. The lowest BCUT2D eigenvalue weighted by Crippen LogP contribution is -2.33. The van der Waals surface area contributed by atoms with Gasteiger partial charge in [-0.3, -0.25) is 9.59 Å². The molecule has 3 aromatic rings. The first-order valence-electron chi connectivity index (χ1n) is 8.74. The molecule has 2 heterocycles. The van der Waals surface area contributed by atoms with Crippen LogP contribution in [0.3, 0.4) is 0 Å². The van der Waals surface area contributed by atoms with Gasteiger partial charge in [-0.1, -0.05) is 41.7 Å². The van der Waals surface area contributed by atoms with Gasteiger partial charge in [0.15, 0.2) is 5.13 Å². The first-order chi connectivity index (χ1) is 13.0. The Balaban J connectivity index is 1.56. The number of carbonyl (C=O) groups excluding carboxylic acids is 2. The zero-order valence-electron chi connectivity index (χ0n) is 15.1. The number of nitrogens with one attached hydrogen (secondary N) is 1. The number of aryl methyl sites for hydroxylation is 1. The number of nitrogens with zero attached hydrogens (tertiary/aromatic N) is 2. The Hall–Kier alpha value is -2.99. The Kier molecular flexibility index (Phi) is 4.49. The van der Waals surface area contributed by atoms with Crippen molar-refractivity contribution in [3.8, 4) is 0 Å². The second-order valence-corrected chi connectivity index (χ2v) is 7.66. The van der Waals surface area contributed by atoms with E-state index in [2.05, 4.69) is 16.4 Å². The van der Waals surface area contributed by atoms with Gasteiger partial charge < -0.3 is 10.2 Å². The van der Waals surface area contributed by atoms with Crippen LogP contribution in [0.2, 0.25) is 0 Å². The van der Waals surface area contributed by atoms with Crippen LogP contribution in [0.5, 0.6) is 0 Å². The number of carbonyl (C=O) groups is 2. The molecule has 1 aromatic heterocycles. The van der Waals surface area contributed by atoms with E-state index in [1.54, 1.807) is 11.1 Å². The summed E-state index contributed by atoms with van der Waals surface area (Å²) in [5.74, 6) is -0.249. The molecule has 0 spiro atoms. The predicted octanol–water partition coefficient (Wildman–Crippen LogP) is 4.51. The van der Waals surface area contributed by atoms with Crippen molar-refractivity contribution in [1.82, 2.24) is 9.88 Å². The summed E-state index contributed by atoms with van der Waals surface area (Å²) in [4.78, 5) is 30.8. The van der Waals surface area contributed by atoms with Crippen LogP contribution < -0.4 is 5.32 Å². The zero-order chi connectivity index (χ0) is 19.0. The number of hydrogen-bond donors (Lipinski definition) is 1. The van der Waals surface area contributed by atoms with E-state index in [9.17, 15) is 9.59 Å². The highest BCUT2D eigenvalue weighted by molar-refractivity contribution is 7.22. The van der Waals surface area contributed by atoms with Crippen LogP contribution >= 0.6 is 11.3 Å². The highest BCUT2D eigenvalue weighted by Gasteiger charge is 2.28. The Labute approximate surface area is 161 Å². The highest BCUT2D eigenvalue weighted by atomic mass is 32.1. The monoisotopic (exact) mass is 377 g/mol. The molecule has 1 aliphatic rings. The van der Waals surface area contributed by atoms with E-state index in [4.69, 9.17) is 0 Å². The maximum absolute atomic E-state index is 12.7. The third-order valence-corrected chi connectivity index (χ3v) is 5.57. The van der Waals surface area contributed by atoms with Crippen molar-refractivity contribution in [3.05, 3.63) is 65.4 Å². The van der Waals surface area contributed by atoms with Gasteiger partial charge in [0.2, 0.25) is 11.8 Å². The molecule has 6 heteroatoms. The number of anilines is 1. The summed E-state index contributed by atoms with van der Waals surface area (Å²) in [5.41, 5.74) is 4.04. The smallest absolute Gasteiger partial charge is 0.228 e. The summed E-state index contributed by atoms with van der Waals surface area (Å²) in [6.07, 6.45) is 3.83. The Morgan fingerprint density at radius 2 is 2.04 bits per heavy atom. The van der Waals surface area contributed by atoms with Crippen molar-refractivity contribution < 1.29 is 9.59 Å². The number of aromatic nitrogens is 1. The molecule has 0 bridgehead atoms. The lowest BCUT2D eigenvalue weighted by atomic mass is 9.93. The summed E-state index contributed by atoms with van der Waals surface area (Å²) in [7, 11) is 0. The van der Waals surface area contributed by atoms with Crippen LogP contribution in [0.15, 0.2) is 48.7 Å². The van der Waals surface area contributed by atoms with Crippen molar-refractivity contribution in [3.63, 3.8) is 0 Å². The minimum atomic E-state index is -0.319. The largest absolute Gasteiger partial charge is 0.311 e. The number of rotatable bonds is 3. The summed E-state index contributed by atoms with van der Waals surface area (Å²) >= 11 is 1.46. The molecule has 5 nitrogen and oxygen atoms in total. The van der Waals surface area contributed by atoms with Crippen molar-refractivity contribution in [1.29, 1.82) is 0 Å². The molecule has 1 unspecified atom stereocenters. The SMILES string of the molecule is CC(=O)N1C=Cc2ccccc2C1CC(=O)Nc1nc2ccc(C)cc2s1. The first-order valence-corrected chi connectivity index (χ1v) is 9.56. The van der Waals surface area contributed by atoms with Crippen molar-refractivity contribution in [2.75, 3.05) is 5.32 Å². The molecule has 4 rings (SSSR count). The van der Waals surface area contributed by atoms with E-state index in [1.807, 2.05) is 49.4 Å². The quantitative estimate of drug-likeness (QED) is 0.731. The highest BCUT2D eigenvalue weighted by Crippen LogP contribution is 2.33. The molecule has 1 N–H and O–H groups in total. The van der Waals surface area contributed by atoms with Gasteiger partial charge >= 0.3 is 0 Å². The molecule has 1 aliphatic heterocycles. The standard InChI is InChI=1S/C21H19N3O2S/c1-13-7-8-17-19(11-13)27-21(22-17)23-20(26)12-18-16-6-4-3-5-15(16)9-10-24(18)14(2)25/h3-11,18H,12H2,1-2H3,(H,22,23,26). The predicted molar refractivity (Wildman–Crippen MR) is 108 cm³/mol. The number of amides is 2. The Bertz CT molecular complexity index is 1070. The van der Waals surface area contributed by atoms with Crippen LogP contribution in [0.25, 0.3) is 16.3 Å². The maximum Gasteiger partial charge on any atom is 0.228 e. The number of thiazole rings is 1. The molecule has 0 saturated carbocycles. The van der Waals surface area contributed by atoms with Crippen LogP contribution in [0.4, 0.5) is 5.13 Å². The summed E-state index contributed by atoms with van der Waals surface area (Å²) < 4.78 is 1.04. The summed E-state index contributed by atoms with van der Waals surface area (Å²) in [6.45, 7) is 3.54. The summed E-state index contributed by atoms with van der Waals surface area (Å²) in [5, 5.41) is 3.47. The molecular formula is C21H19N3O2S. The molecular weight excluding hydrogens is 358 g/mol. The van der Waals surface area contributed by atoms with E-state index >= 15 is 0 Å². The van der Waals surface area contributed by atoms with Gasteiger partial charge in [-0.2, -0.15) is 0 Å². The van der Waals surface area contributed by atoms with Crippen molar-refractivity contribution >= 4 is 44.6 Å². The second kappa shape index (κ2) is 6.96. The van der Waals surface area contributed by atoms with Gasteiger partial charge in [-0.15, -0.1) is 0 Å². The normalized spacial score (nSPS) is 15.6. The molecule has 27 heavy (non-hydrogen) atoms. The third kappa shape index (κ3) is 3.48. The number of benzene rings is 2. The maximum atomic E-state index is 12.7. The molecule has 0 fully saturated rings. The number of hydrogen-bond acceptors (Lipinski definition) is 4. The van der Waals surface area contributed by atoms with E-state index in [0.717, 1.165) is 26.9 Å². The van der Waals surface area contributed by atoms with Crippen LogP contribution in [-0.2, 0) is 9.59 Å². The molecule has 0 aliphatic carbocycles. The molecule has 2 amide bonds. The fourth-order valence-electron chi connectivity index (χ4n) is 3.34. The van der Waals surface area contributed by atoms with Crippen LogP contribution in [-0.4, -0.2) is 21.7 Å². The average molecular weight is 377 g/mol. The molecule has 1 atom stereocenters. The molecule has 2 aromatic carbocycles.